The van der Waals surface area contributed by atoms with Crippen LogP contribution in [0.1, 0.15) is 21.8 Å². The molecule has 0 N–H and O–H groups in total. The van der Waals surface area contributed by atoms with Gasteiger partial charge in [-0.1, -0.05) is 11.6 Å². The predicted molar refractivity (Wildman–Crippen MR) is 62.7 cm³/mol. The van der Waals surface area contributed by atoms with Gasteiger partial charge in [0.25, 0.3) is 0 Å². The number of halogens is 1. The Labute approximate surface area is 97.7 Å². The summed E-state index contributed by atoms with van der Waals surface area (Å²) in [7, 11) is 0. The number of hydrogen-bond donors (Lipinski definition) is 0. The van der Waals surface area contributed by atoms with Crippen molar-refractivity contribution in [3.05, 3.63) is 32.5 Å². The summed E-state index contributed by atoms with van der Waals surface area (Å²) >= 11 is 7.28. The second-order valence-corrected chi connectivity index (χ2v) is 5.23. The van der Waals surface area contributed by atoms with Crippen LogP contribution in [-0.4, -0.2) is 14.8 Å². The van der Waals surface area contributed by atoms with Crippen molar-refractivity contribution in [1.29, 1.82) is 0 Å². The van der Waals surface area contributed by atoms with Crippen molar-refractivity contribution in [3.63, 3.8) is 0 Å². The Morgan fingerprint density at radius 1 is 1.40 bits per heavy atom. The van der Waals surface area contributed by atoms with Gasteiger partial charge in [-0.05, 0) is 26.3 Å². The van der Waals surface area contributed by atoms with Crippen LogP contribution < -0.4 is 0 Å². The smallest absolute Gasteiger partial charge is 0.183 e. The molecule has 3 nitrogen and oxygen atoms in total. The summed E-state index contributed by atoms with van der Waals surface area (Å²) in [4.78, 5) is 5.14. The first-order chi connectivity index (χ1) is 7.08. The monoisotopic (exact) mass is 241 g/mol. The Hall–Kier alpha value is -0.870. The molecular formula is C10H12ClN3S. The van der Waals surface area contributed by atoms with Crippen LogP contribution in [0.15, 0.2) is 6.20 Å². The number of hydrogen-bond acceptors (Lipinski definition) is 3. The van der Waals surface area contributed by atoms with Crippen LogP contribution in [0.5, 0.6) is 0 Å². The van der Waals surface area contributed by atoms with E-state index >= 15 is 0 Å². The number of rotatable bonds is 2. The van der Waals surface area contributed by atoms with E-state index in [4.69, 9.17) is 11.6 Å². The first-order valence-electron chi connectivity index (χ1n) is 4.68. The van der Waals surface area contributed by atoms with E-state index in [0.717, 1.165) is 17.1 Å². The van der Waals surface area contributed by atoms with Crippen LogP contribution in [-0.2, 0) is 6.54 Å². The highest BCUT2D eigenvalue weighted by atomic mass is 35.5. The Balaban J connectivity index is 2.28. The molecule has 0 aliphatic carbocycles. The van der Waals surface area contributed by atoms with Crippen LogP contribution in [0.25, 0.3) is 0 Å². The van der Waals surface area contributed by atoms with Gasteiger partial charge in [-0.3, -0.25) is 4.68 Å². The van der Waals surface area contributed by atoms with Gasteiger partial charge in [0.1, 0.15) is 0 Å². The van der Waals surface area contributed by atoms with E-state index in [2.05, 4.69) is 23.9 Å². The minimum absolute atomic E-state index is 0.586. The predicted octanol–water partition coefficient (Wildman–Crippen LogP) is 2.97. The summed E-state index contributed by atoms with van der Waals surface area (Å²) in [5, 5.41) is 4.47. The van der Waals surface area contributed by atoms with Gasteiger partial charge in [-0.2, -0.15) is 5.10 Å². The maximum absolute atomic E-state index is 5.78. The quantitative estimate of drug-likeness (QED) is 0.809. The molecule has 0 unspecified atom stereocenters. The fourth-order valence-corrected chi connectivity index (χ4v) is 2.40. The lowest BCUT2D eigenvalue weighted by Gasteiger charge is -2.01. The van der Waals surface area contributed by atoms with Crippen molar-refractivity contribution in [1.82, 2.24) is 14.8 Å². The number of nitrogens with zero attached hydrogens (tertiary/aromatic N) is 3. The zero-order chi connectivity index (χ0) is 11.0. The molecule has 0 bridgehead atoms. The van der Waals surface area contributed by atoms with Gasteiger partial charge in [0.2, 0.25) is 0 Å². The van der Waals surface area contributed by atoms with E-state index in [1.807, 2.05) is 11.6 Å². The molecule has 0 atom stereocenters. The molecule has 0 saturated heterocycles. The summed E-state index contributed by atoms with van der Waals surface area (Å²) < 4.78 is 2.58. The molecule has 2 heterocycles. The van der Waals surface area contributed by atoms with Crippen molar-refractivity contribution in [3.8, 4) is 0 Å². The van der Waals surface area contributed by atoms with Crippen LogP contribution in [0.3, 0.4) is 0 Å². The molecular weight excluding hydrogens is 230 g/mol. The zero-order valence-corrected chi connectivity index (χ0v) is 10.5. The average Bonchev–Trinajstić information content (AvgIpc) is 2.68. The zero-order valence-electron chi connectivity index (χ0n) is 8.91. The fraction of sp³-hybridized carbons (Fsp3) is 0.400. The lowest BCUT2D eigenvalue weighted by atomic mass is 10.2. The van der Waals surface area contributed by atoms with Gasteiger partial charge in [-0.25, -0.2) is 4.98 Å². The van der Waals surface area contributed by atoms with Gasteiger partial charge in [0, 0.05) is 16.8 Å². The summed E-state index contributed by atoms with van der Waals surface area (Å²) in [6, 6.07) is 0. The van der Waals surface area contributed by atoms with E-state index < -0.39 is 0 Å². The van der Waals surface area contributed by atoms with Gasteiger partial charge in [0.15, 0.2) is 4.47 Å². The van der Waals surface area contributed by atoms with Crippen molar-refractivity contribution >= 4 is 22.9 Å². The third kappa shape index (κ3) is 2.06. The molecule has 5 heteroatoms. The lowest BCUT2D eigenvalue weighted by molar-refractivity contribution is 0.664. The van der Waals surface area contributed by atoms with Crippen LogP contribution in [0.4, 0.5) is 0 Å². The van der Waals surface area contributed by atoms with E-state index in [-0.39, 0.29) is 0 Å². The Bertz CT molecular complexity index is 487. The summed E-state index contributed by atoms with van der Waals surface area (Å²) in [6.45, 7) is 6.95. The highest BCUT2D eigenvalue weighted by molar-refractivity contribution is 7.15. The minimum atomic E-state index is 0.586. The molecule has 0 fully saturated rings. The first-order valence-corrected chi connectivity index (χ1v) is 5.88. The molecule has 0 radical (unpaired) electrons. The lowest BCUT2D eigenvalue weighted by Crippen LogP contribution is -2.02. The third-order valence-electron chi connectivity index (χ3n) is 2.57. The van der Waals surface area contributed by atoms with Crippen LogP contribution >= 0.6 is 22.9 Å². The number of aromatic nitrogens is 3. The second kappa shape index (κ2) is 3.94. The Morgan fingerprint density at radius 2 is 2.13 bits per heavy atom. The van der Waals surface area contributed by atoms with E-state index in [1.165, 1.54) is 22.6 Å². The minimum Gasteiger partial charge on any atom is -0.264 e. The van der Waals surface area contributed by atoms with Gasteiger partial charge in [0.05, 0.1) is 12.2 Å². The Kier molecular flexibility index (Phi) is 2.80. The van der Waals surface area contributed by atoms with E-state index in [1.54, 1.807) is 6.20 Å². The summed E-state index contributed by atoms with van der Waals surface area (Å²) in [6.07, 6.45) is 1.80. The molecule has 2 rings (SSSR count). The molecule has 0 saturated carbocycles. The topological polar surface area (TPSA) is 30.7 Å². The Morgan fingerprint density at radius 3 is 2.60 bits per heavy atom. The van der Waals surface area contributed by atoms with Gasteiger partial charge in [-0.15, -0.1) is 11.3 Å². The molecule has 80 valence electrons. The molecule has 2 aromatic heterocycles. The van der Waals surface area contributed by atoms with Gasteiger partial charge >= 0.3 is 0 Å². The molecule has 0 amide bonds. The van der Waals surface area contributed by atoms with Crippen molar-refractivity contribution < 1.29 is 0 Å². The SMILES string of the molecule is Cc1nn(Cc2cnc(Cl)s2)c(C)c1C. The van der Waals surface area contributed by atoms with Crippen LogP contribution in [0.2, 0.25) is 4.47 Å². The molecule has 15 heavy (non-hydrogen) atoms. The average molecular weight is 242 g/mol. The fourth-order valence-electron chi connectivity index (χ4n) is 1.44. The van der Waals surface area contributed by atoms with Crippen molar-refractivity contribution in [2.75, 3.05) is 0 Å². The normalized spacial score (nSPS) is 10.9. The van der Waals surface area contributed by atoms with Crippen molar-refractivity contribution in [2.24, 2.45) is 0 Å². The standard InChI is InChI=1S/C10H12ClN3S/c1-6-7(2)13-14(8(6)3)5-9-4-12-10(11)15-9/h4H,5H2,1-3H3. The van der Waals surface area contributed by atoms with Crippen LogP contribution in [0, 0.1) is 20.8 Å². The van der Waals surface area contributed by atoms with E-state index in [0.29, 0.717) is 4.47 Å². The highest BCUT2D eigenvalue weighted by Gasteiger charge is 2.08. The maximum atomic E-state index is 5.78. The maximum Gasteiger partial charge on any atom is 0.183 e. The van der Waals surface area contributed by atoms with Gasteiger partial charge < -0.3 is 0 Å². The molecule has 0 aliphatic rings. The number of aryl methyl sites for hydroxylation is 1. The third-order valence-corrected chi connectivity index (χ3v) is 3.67. The summed E-state index contributed by atoms with van der Waals surface area (Å²) in [5.74, 6) is 0. The molecule has 2 aromatic rings. The van der Waals surface area contributed by atoms with E-state index in [9.17, 15) is 0 Å². The first kappa shape index (κ1) is 10.6. The molecule has 0 aliphatic heterocycles. The number of thiazole rings is 1. The summed E-state index contributed by atoms with van der Waals surface area (Å²) in [5.41, 5.74) is 3.55. The largest absolute Gasteiger partial charge is 0.264 e. The molecule has 0 aromatic carbocycles. The molecule has 0 spiro atoms. The second-order valence-electron chi connectivity index (χ2n) is 3.53. The van der Waals surface area contributed by atoms with Crippen molar-refractivity contribution in [2.45, 2.75) is 27.3 Å². The highest BCUT2D eigenvalue weighted by Crippen LogP contribution is 2.20.